The monoisotopic (exact) mass is 206 g/mol. The molecule has 84 valence electrons. The summed E-state index contributed by atoms with van der Waals surface area (Å²) in [6, 6.07) is 5.05. The maximum atomic E-state index is 3.66. The molecule has 1 saturated carbocycles. The molecule has 0 spiro atoms. The minimum Gasteiger partial charge on any atom is -0.353 e. The molecule has 2 rings (SSSR count). The molecule has 0 radical (unpaired) electrons. The van der Waals surface area contributed by atoms with Crippen LogP contribution < -0.4 is 5.32 Å². The van der Waals surface area contributed by atoms with Gasteiger partial charge in [0.2, 0.25) is 0 Å². The summed E-state index contributed by atoms with van der Waals surface area (Å²) in [4.78, 5) is 0. The van der Waals surface area contributed by atoms with E-state index in [0.717, 1.165) is 18.5 Å². The number of hydrogen-bond acceptors (Lipinski definition) is 1. The van der Waals surface area contributed by atoms with Gasteiger partial charge in [-0.05, 0) is 43.7 Å². The molecule has 0 saturated heterocycles. The third-order valence-corrected chi connectivity index (χ3v) is 3.64. The lowest BCUT2D eigenvalue weighted by atomic mass is 9.87. The Bertz CT molecular complexity index is 295. The van der Waals surface area contributed by atoms with Crippen LogP contribution in [0.2, 0.25) is 0 Å². The van der Waals surface area contributed by atoms with Crippen LogP contribution in [0.25, 0.3) is 0 Å². The van der Waals surface area contributed by atoms with Crippen LogP contribution in [0.5, 0.6) is 0 Å². The van der Waals surface area contributed by atoms with E-state index in [4.69, 9.17) is 0 Å². The Labute approximate surface area is 92.7 Å². The predicted octanol–water partition coefficient (Wildman–Crippen LogP) is 2.69. The van der Waals surface area contributed by atoms with Gasteiger partial charge in [-0.15, -0.1) is 0 Å². The van der Waals surface area contributed by atoms with Gasteiger partial charge < -0.3 is 9.88 Å². The van der Waals surface area contributed by atoms with E-state index in [1.54, 1.807) is 0 Å². The van der Waals surface area contributed by atoms with Crippen molar-refractivity contribution in [2.75, 3.05) is 0 Å². The second-order valence-electron chi connectivity index (χ2n) is 4.95. The quantitative estimate of drug-likeness (QED) is 0.804. The normalized spacial score (nSPS) is 26.8. The topological polar surface area (TPSA) is 17.0 Å². The van der Waals surface area contributed by atoms with Crippen LogP contribution >= 0.6 is 0 Å². The smallest absolute Gasteiger partial charge is 0.0361 e. The van der Waals surface area contributed by atoms with Gasteiger partial charge >= 0.3 is 0 Å². The molecule has 1 fully saturated rings. The molecule has 2 nitrogen and oxygen atoms in total. The molecule has 15 heavy (non-hydrogen) atoms. The lowest BCUT2D eigenvalue weighted by Gasteiger charge is -2.27. The van der Waals surface area contributed by atoms with Gasteiger partial charge in [0.1, 0.15) is 0 Å². The molecule has 0 atom stereocenters. The SMILES string of the molecule is CC1CCC(NCc2cccn2C)CC1. The molecule has 0 aliphatic heterocycles. The fourth-order valence-corrected chi connectivity index (χ4v) is 2.39. The third-order valence-electron chi connectivity index (χ3n) is 3.64. The number of aromatic nitrogens is 1. The van der Waals surface area contributed by atoms with Gasteiger partial charge in [0, 0.05) is 31.5 Å². The molecule has 1 heterocycles. The molecule has 0 aromatic carbocycles. The van der Waals surface area contributed by atoms with Gasteiger partial charge in [-0.2, -0.15) is 0 Å². The van der Waals surface area contributed by atoms with Crippen LogP contribution in [0.1, 0.15) is 38.3 Å². The summed E-state index contributed by atoms with van der Waals surface area (Å²) in [5.74, 6) is 0.943. The number of rotatable bonds is 3. The molecular formula is C13H22N2. The van der Waals surface area contributed by atoms with Crippen molar-refractivity contribution in [2.24, 2.45) is 13.0 Å². The first-order valence-electron chi connectivity index (χ1n) is 6.09. The number of nitrogens with zero attached hydrogens (tertiary/aromatic N) is 1. The first-order valence-corrected chi connectivity index (χ1v) is 6.09. The molecule has 1 aromatic heterocycles. The first-order chi connectivity index (χ1) is 7.25. The zero-order valence-corrected chi connectivity index (χ0v) is 9.87. The van der Waals surface area contributed by atoms with Crippen molar-refractivity contribution in [3.63, 3.8) is 0 Å². The Morgan fingerprint density at radius 3 is 2.67 bits per heavy atom. The maximum absolute atomic E-state index is 3.66. The lowest BCUT2D eigenvalue weighted by Crippen LogP contribution is -2.32. The largest absolute Gasteiger partial charge is 0.353 e. The molecule has 0 unspecified atom stereocenters. The Balaban J connectivity index is 1.77. The van der Waals surface area contributed by atoms with E-state index in [1.807, 2.05) is 0 Å². The van der Waals surface area contributed by atoms with Crippen molar-refractivity contribution in [3.8, 4) is 0 Å². The second-order valence-corrected chi connectivity index (χ2v) is 4.95. The summed E-state index contributed by atoms with van der Waals surface area (Å²) in [5, 5.41) is 3.66. The zero-order valence-electron chi connectivity index (χ0n) is 9.87. The van der Waals surface area contributed by atoms with Crippen molar-refractivity contribution in [3.05, 3.63) is 24.0 Å². The average Bonchev–Trinajstić information content (AvgIpc) is 2.63. The number of nitrogens with one attached hydrogen (secondary N) is 1. The van der Waals surface area contributed by atoms with Gasteiger partial charge in [0.05, 0.1) is 0 Å². The van der Waals surface area contributed by atoms with E-state index in [1.165, 1.54) is 31.4 Å². The molecule has 0 bridgehead atoms. The van der Waals surface area contributed by atoms with E-state index in [9.17, 15) is 0 Å². The highest BCUT2D eigenvalue weighted by molar-refractivity contribution is 5.06. The fraction of sp³-hybridized carbons (Fsp3) is 0.692. The van der Waals surface area contributed by atoms with Crippen molar-refractivity contribution in [2.45, 2.75) is 45.2 Å². The maximum Gasteiger partial charge on any atom is 0.0361 e. The third kappa shape index (κ3) is 2.85. The minimum absolute atomic E-state index is 0.746. The summed E-state index contributed by atoms with van der Waals surface area (Å²) in [7, 11) is 2.11. The first kappa shape index (κ1) is 10.7. The van der Waals surface area contributed by atoms with Crippen LogP contribution in [-0.2, 0) is 13.6 Å². The molecule has 1 aliphatic carbocycles. The van der Waals surface area contributed by atoms with Gasteiger partial charge in [0.25, 0.3) is 0 Å². The number of aryl methyl sites for hydroxylation is 1. The Morgan fingerprint density at radius 2 is 2.07 bits per heavy atom. The lowest BCUT2D eigenvalue weighted by molar-refractivity contribution is 0.305. The summed E-state index contributed by atoms with van der Waals surface area (Å²) in [6.07, 6.45) is 7.60. The van der Waals surface area contributed by atoms with Gasteiger partial charge in [-0.1, -0.05) is 6.92 Å². The van der Waals surface area contributed by atoms with Crippen molar-refractivity contribution in [1.82, 2.24) is 9.88 Å². The Morgan fingerprint density at radius 1 is 1.33 bits per heavy atom. The van der Waals surface area contributed by atoms with E-state index in [2.05, 4.69) is 42.2 Å². The highest BCUT2D eigenvalue weighted by atomic mass is 15.0. The van der Waals surface area contributed by atoms with Crippen molar-refractivity contribution < 1.29 is 0 Å². The molecular weight excluding hydrogens is 184 g/mol. The predicted molar refractivity (Wildman–Crippen MR) is 63.7 cm³/mol. The molecule has 2 heteroatoms. The van der Waals surface area contributed by atoms with Crippen LogP contribution in [-0.4, -0.2) is 10.6 Å². The number of hydrogen-bond donors (Lipinski definition) is 1. The van der Waals surface area contributed by atoms with E-state index in [0.29, 0.717) is 0 Å². The highest BCUT2D eigenvalue weighted by Crippen LogP contribution is 2.23. The second kappa shape index (κ2) is 4.84. The summed E-state index contributed by atoms with van der Waals surface area (Å²) < 4.78 is 2.19. The van der Waals surface area contributed by atoms with E-state index >= 15 is 0 Å². The van der Waals surface area contributed by atoms with E-state index < -0.39 is 0 Å². The molecule has 1 aliphatic rings. The minimum atomic E-state index is 0.746. The summed E-state index contributed by atoms with van der Waals surface area (Å²) in [5.41, 5.74) is 1.38. The molecule has 1 N–H and O–H groups in total. The van der Waals surface area contributed by atoms with Crippen LogP contribution in [0.3, 0.4) is 0 Å². The Kier molecular flexibility index (Phi) is 3.47. The van der Waals surface area contributed by atoms with Gasteiger partial charge in [-0.25, -0.2) is 0 Å². The van der Waals surface area contributed by atoms with Gasteiger partial charge in [-0.3, -0.25) is 0 Å². The molecule has 1 aromatic rings. The average molecular weight is 206 g/mol. The van der Waals surface area contributed by atoms with Crippen LogP contribution in [0.15, 0.2) is 18.3 Å². The zero-order chi connectivity index (χ0) is 10.7. The molecule has 0 amide bonds. The Hall–Kier alpha value is -0.760. The summed E-state index contributed by atoms with van der Waals surface area (Å²) >= 11 is 0. The summed E-state index contributed by atoms with van der Waals surface area (Å²) in [6.45, 7) is 3.38. The van der Waals surface area contributed by atoms with Crippen molar-refractivity contribution in [1.29, 1.82) is 0 Å². The van der Waals surface area contributed by atoms with Crippen LogP contribution in [0, 0.1) is 5.92 Å². The fourth-order valence-electron chi connectivity index (χ4n) is 2.39. The van der Waals surface area contributed by atoms with Gasteiger partial charge in [0.15, 0.2) is 0 Å². The standard InChI is InChI=1S/C13H22N2/c1-11-5-7-12(8-6-11)14-10-13-4-3-9-15(13)2/h3-4,9,11-12,14H,5-8,10H2,1-2H3. The van der Waals surface area contributed by atoms with Crippen molar-refractivity contribution >= 4 is 0 Å². The van der Waals surface area contributed by atoms with Crippen LogP contribution in [0.4, 0.5) is 0 Å². The highest BCUT2D eigenvalue weighted by Gasteiger charge is 2.17. The van der Waals surface area contributed by atoms with E-state index in [-0.39, 0.29) is 0 Å².